The fourth-order valence-corrected chi connectivity index (χ4v) is 9.86. The summed E-state index contributed by atoms with van der Waals surface area (Å²) in [6, 6.07) is 0. The van der Waals surface area contributed by atoms with Crippen LogP contribution in [0.2, 0.25) is 0 Å². The number of fused-ring (bicyclic) bond motifs is 5. The molecule has 0 aromatic carbocycles. The number of allylic oxidation sites excluding steroid dienone is 3. The van der Waals surface area contributed by atoms with E-state index in [4.69, 9.17) is 4.74 Å². The van der Waals surface area contributed by atoms with E-state index in [0.29, 0.717) is 30.1 Å². The molecule has 1 N–H and O–H groups in total. The van der Waals surface area contributed by atoms with Crippen LogP contribution in [0.4, 0.5) is 0 Å². The Bertz CT molecular complexity index is 934. The summed E-state index contributed by atoms with van der Waals surface area (Å²) < 4.78 is 5.03. The van der Waals surface area contributed by atoms with E-state index in [1.165, 1.54) is 18.3 Å². The molecule has 3 saturated carbocycles. The molecule has 4 heteroatoms. The van der Waals surface area contributed by atoms with Gasteiger partial charge in [0.05, 0.1) is 12.5 Å². The highest BCUT2D eigenvalue weighted by Gasteiger charge is 2.67. The summed E-state index contributed by atoms with van der Waals surface area (Å²) in [4.78, 5) is 25.0. The lowest BCUT2D eigenvalue weighted by Gasteiger charge is -2.69. The number of carbonyl (C=O) groups excluding carboxylic acids is 1. The van der Waals surface area contributed by atoms with Crippen molar-refractivity contribution in [3.05, 3.63) is 23.8 Å². The third-order valence-electron chi connectivity index (χ3n) is 12.4. The standard InChI is InChI=1S/C31H48O4/c1-19(2)22-12-15-30(7)24(28(22,5)14-13-25(32)35-8)10-9-23-26-21(4)20(3)11-16-31(26,27(33)34)18-17-29(23,30)6/h9,20-22,24,26H,1,10-18H2,2-8H3,(H,33,34)/t20-,21+,22+,24-,26+,28+,29-,30-,31+/m1/s1. The summed E-state index contributed by atoms with van der Waals surface area (Å²) >= 11 is 0. The Morgan fingerprint density at radius 3 is 2.40 bits per heavy atom. The first kappa shape index (κ1) is 26.5. The predicted molar refractivity (Wildman–Crippen MR) is 140 cm³/mol. The van der Waals surface area contributed by atoms with Crippen LogP contribution in [0.15, 0.2) is 23.8 Å². The Balaban J connectivity index is 1.81. The zero-order valence-corrected chi connectivity index (χ0v) is 23.2. The molecule has 0 unspecified atom stereocenters. The number of methoxy groups -OCH3 is 1. The van der Waals surface area contributed by atoms with Crippen LogP contribution in [0.1, 0.15) is 99.3 Å². The van der Waals surface area contributed by atoms with E-state index in [9.17, 15) is 14.7 Å². The van der Waals surface area contributed by atoms with E-state index in [0.717, 1.165) is 51.4 Å². The van der Waals surface area contributed by atoms with Gasteiger partial charge in [-0.05, 0) is 104 Å². The number of hydrogen-bond acceptors (Lipinski definition) is 3. The average molecular weight is 485 g/mol. The molecular weight excluding hydrogens is 436 g/mol. The third kappa shape index (κ3) is 3.59. The molecule has 3 fully saturated rings. The highest BCUT2D eigenvalue weighted by Crippen LogP contribution is 2.74. The van der Waals surface area contributed by atoms with E-state index in [2.05, 4.69) is 54.2 Å². The van der Waals surface area contributed by atoms with Gasteiger partial charge < -0.3 is 9.84 Å². The molecule has 9 atom stereocenters. The van der Waals surface area contributed by atoms with Crippen LogP contribution in [0.3, 0.4) is 0 Å². The van der Waals surface area contributed by atoms with Crippen LogP contribution in [0.25, 0.3) is 0 Å². The fraction of sp³-hybridized carbons (Fsp3) is 0.806. The van der Waals surface area contributed by atoms with Crippen LogP contribution < -0.4 is 0 Å². The number of rotatable bonds is 5. The van der Waals surface area contributed by atoms with E-state index >= 15 is 0 Å². The first-order chi connectivity index (χ1) is 16.3. The predicted octanol–water partition coefficient (Wildman–Crippen LogP) is 7.44. The molecule has 4 nitrogen and oxygen atoms in total. The van der Waals surface area contributed by atoms with E-state index in [1.54, 1.807) is 0 Å². The van der Waals surface area contributed by atoms with Crippen LogP contribution in [-0.4, -0.2) is 24.2 Å². The molecule has 0 aromatic rings. The van der Waals surface area contributed by atoms with Crippen molar-refractivity contribution in [2.75, 3.05) is 7.11 Å². The molecule has 0 heterocycles. The zero-order chi connectivity index (χ0) is 26.0. The van der Waals surface area contributed by atoms with E-state index in [1.807, 2.05) is 0 Å². The van der Waals surface area contributed by atoms with Crippen molar-refractivity contribution in [2.45, 2.75) is 99.3 Å². The number of aliphatic carboxylic acids is 1. The van der Waals surface area contributed by atoms with Gasteiger partial charge in [0.2, 0.25) is 0 Å². The zero-order valence-electron chi connectivity index (χ0n) is 23.2. The Morgan fingerprint density at radius 1 is 1.11 bits per heavy atom. The van der Waals surface area contributed by atoms with E-state index < -0.39 is 11.4 Å². The van der Waals surface area contributed by atoms with Gasteiger partial charge >= 0.3 is 11.9 Å². The summed E-state index contributed by atoms with van der Waals surface area (Å²) in [5.41, 5.74) is 2.08. The van der Waals surface area contributed by atoms with Crippen molar-refractivity contribution in [3.63, 3.8) is 0 Å². The Kier molecular flexibility index (Phi) is 6.63. The lowest BCUT2D eigenvalue weighted by molar-refractivity contribution is -0.174. The van der Waals surface area contributed by atoms with Gasteiger partial charge in [-0.15, -0.1) is 0 Å². The Labute approximate surface area is 213 Å². The lowest BCUT2D eigenvalue weighted by atomic mass is 9.35. The van der Waals surface area contributed by atoms with Crippen molar-refractivity contribution >= 4 is 11.9 Å². The van der Waals surface area contributed by atoms with Gasteiger partial charge in [-0.3, -0.25) is 9.59 Å². The second kappa shape index (κ2) is 8.77. The molecule has 4 aliphatic rings. The number of carbonyl (C=O) groups is 2. The molecule has 0 aliphatic heterocycles. The molecule has 4 aliphatic carbocycles. The Hall–Kier alpha value is -1.58. The molecule has 196 valence electrons. The van der Waals surface area contributed by atoms with Crippen molar-refractivity contribution in [1.82, 2.24) is 0 Å². The van der Waals surface area contributed by atoms with Crippen LogP contribution in [0, 0.1) is 51.2 Å². The molecule has 0 spiro atoms. The Morgan fingerprint density at radius 2 is 1.80 bits per heavy atom. The molecule has 35 heavy (non-hydrogen) atoms. The second-order valence-electron chi connectivity index (χ2n) is 13.5. The molecule has 0 saturated heterocycles. The summed E-state index contributed by atoms with van der Waals surface area (Å²) in [5, 5.41) is 10.5. The molecule has 0 radical (unpaired) electrons. The minimum atomic E-state index is -0.608. The summed E-state index contributed by atoms with van der Waals surface area (Å²) in [6.45, 7) is 18.5. The topological polar surface area (TPSA) is 63.6 Å². The fourth-order valence-electron chi connectivity index (χ4n) is 9.86. The number of carboxylic acid groups (broad SMARTS) is 1. The number of carboxylic acids is 1. The maximum absolute atomic E-state index is 12.8. The van der Waals surface area contributed by atoms with Crippen molar-refractivity contribution in [1.29, 1.82) is 0 Å². The third-order valence-corrected chi connectivity index (χ3v) is 12.4. The van der Waals surface area contributed by atoms with Crippen LogP contribution >= 0.6 is 0 Å². The van der Waals surface area contributed by atoms with Gasteiger partial charge in [-0.2, -0.15) is 0 Å². The quantitative estimate of drug-likeness (QED) is 0.325. The number of esters is 1. The molecule has 0 bridgehead atoms. The molecule has 0 amide bonds. The molecule has 4 rings (SSSR count). The minimum Gasteiger partial charge on any atom is -0.481 e. The first-order valence-electron chi connectivity index (χ1n) is 13.9. The van der Waals surface area contributed by atoms with Gasteiger partial charge in [0, 0.05) is 6.42 Å². The molecular formula is C31H48O4. The summed E-state index contributed by atoms with van der Waals surface area (Å²) in [6.07, 6.45) is 10.5. The van der Waals surface area contributed by atoms with Gasteiger partial charge in [-0.25, -0.2) is 0 Å². The van der Waals surface area contributed by atoms with Crippen molar-refractivity contribution in [3.8, 4) is 0 Å². The van der Waals surface area contributed by atoms with Crippen LogP contribution in [-0.2, 0) is 14.3 Å². The number of hydrogen-bond donors (Lipinski definition) is 1. The number of ether oxygens (including phenoxy) is 1. The molecule has 0 aromatic heterocycles. The maximum atomic E-state index is 12.8. The average Bonchev–Trinajstić information content (AvgIpc) is 2.80. The SMILES string of the molecule is C=C(C)[C@@H]1CC[C@]2(C)[C@H](CC=C3[C@@H]4[C@@H](C)[C@H](C)CC[C@]4(C(=O)O)CC[C@]32C)[C@@]1(C)CCC(=O)OC. The van der Waals surface area contributed by atoms with Gasteiger partial charge in [0.25, 0.3) is 0 Å². The highest BCUT2D eigenvalue weighted by atomic mass is 16.5. The minimum absolute atomic E-state index is 0.0164. The second-order valence-corrected chi connectivity index (χ2v) is 13.5. The smallest absolute Gasteiger partial charge is 0.310 e. The first-order valence-corrected chi connectivity index (χ1v) is 13.9. The largest absolute Gasteiger partial charge is 0.481 e. The van der Waals surface area contributed by atoms with E-state index in [-0.39, 0.29) is 28.1 Å². The normalized spacial score (nSPS) is 46.9. The van der Waals surface area contributed by atoms with Crippen LogP contribution in [0.5, 0.6) is 0 Å². The lowest BCUT2D eigenvalue weighted by Crippen LogP contribution is -2.62. The van der Waals surface area contributed by atoms with Gasteiger partial charge in [0.1, 0.15) is 0 Å². The monoisotopic (exact) mass is 484 g/mol. The van der Waals surface area contributed by atoms with Gasteiger partial charge in [-0.1, -0.05) is 58.4 Å². The van der Waals surface area contributed by atoms with Crippen molar-refractivity contribution < 1.29 is 19.4 Å². The van der Waals surface area contributed by atoms with Gasteiger partial charge in [0.15, 0.2) is 0 Å². The highest BCUT2D eigenvalue weighted by molar-refractivity contribution is 5.76. The summed E-state index contributed by atoms with van der Waals surface area (Å²) in [7, 11) is 1.48. The van der Waals surface area contributed by atoms with Crippen molar-refractivity contribution in [2.24, 2.45) is 51.2 Å². The summed E-state index contributed by atoms with van der Waals surface area (Å²) in [5.74, 6) is 1.16. The maximum Gasteiger partial charge on any atom is 0.310 e.